The maximum Gasteiger partial charge on any atom is 0.239 e. The fourth-order valence-electron chi connectivity index (χ4n) is 6.71. The highest BCUT2D eigenvalue weighted by Crippen LogP contribution is 2.39. The van der Waals surface area contributed by atoms with Crippen LogP contribution in [0.5, 0.6) is 5.88 Å². The average Bonchev–Trinajstić information content (AvgIpc) is 3.55. The number of nitrogens with zero attached hydrogens (tertiary/aromatic N) is 10. The SMILES string of the molecule is COc1nc(N2CCC(N3CCN(C)CC3)CC2)c(-c2cnn(C)c2)cc1Nc1ncc(Br)c(Nc2ccc3nccnc3c2P(C)C)n1. The normalized spacial score (nSPS) is 16.4. The number of piperazine rings is 1. The summed E-state index contributed by atoms with van der Waals surface area (Å²) in [4.78, 5) is 31.2. The number of pyridine rings is 1. The third-order valence-electron chi connectivity index (χ3n) is 9.30. The lowest BCUT2D eigenvalue weighted by molar-refractivity contribution is 0.0981. The molecule has 2 saturated heterocycles. The predicted octanol–water partition coefficient (Wildman–Crippen LogP) is 5.06. The average molecular weight is 746 g/mol. The summed E-state index contributed by atoms with van der Waals surface area (Å²) in [6.07, 6.45) is 11.3. The summed E-state index contributed by atoms with van der Waals surface area (Å²) >= 11 is 3.65. The molecule has 0 unspecified atom stereocenters. The summed E-state index contributed by atoms with van der Waals surface area (Å²) < 4.78 is 8.43. The van der Waals surface area contributed by atoms with Crippen molar-refractivity contribution < 1.29 is 4.74 Å². The van der Waals surface area contributed by atoms with Gasteiger partial charge in [0.05, 0.1) is 28.8 Å². The van der Waals surface area contributed by atoms with Crippen LogP contribution in [-0.2, 0) is 7.05 Å². The quantitative estimate of drug-likeness (QED) is 0.196. The van der Waals surface area contributed by atoms with Crippen LogP contribution in [0, 0.1) is 0 Å². The number of hydrogen-bond donors (Lipinski definition) is 2. The largest absolute Gasteiger partial charge is 0.479 e. The number of aromatic nitrogens is 7. The fraction of sp³-hybridized carbons (Fsp3) is 0.412. The van der Waals surface area contributed by atoms with E-state index in [2.05, 4.69) is 87.8 Å². The molecule has 2 N–H and O–H groups in total. The second kappa shape index (κ2) is 14.5. The van der Waals surface area contributed by atoms with Gasteiger partial charge in [-0.15, -0.1) is 0 Å². The number of fused-ring (bicyclic) bond motifs is 1. The van der Waals surface area contributed by atoms with Crippen molar-refractivity contribution in [2.45, 2.75) is 18.9 Å². The smallest absolute Gasteiger partial charge is 0.239 e. The standard InChI is InChI=1S/C34H42BrN12OP/c1-44-14-16-46(17-15-44)23-8-12-47(13-9-23)32-24(22-19-39-45(2)21-22)18-28(33(43-32)48-3)41-34-38-20-25(35)31(42-34)40-27-7-6-26-29(30(27)49(4)5)37-11-10-36-26/h6-7,10-11,18-21,23H,8-9,12-17H2,1-5H3,(H2,38,40,41,42). The monoisotopic (exact) mass is 744 g/mol. The molecule has 2 aliphatic rings. The van der Waals surface area contributed by atoms with Crippen LogP contribution in [0.2, 0.25) is 0 Å². The molecule has 0 saturated carbocycles. The molecule has 0 bridgehead atoms. The Morgan fingerprint density at radius 1 is 0.898 bits per heavy atom. The van der Waals surface area contributed by atoms with Gasteiger partial charge >= 0.3 is 0 Å². The summed E-state index contributed by atoms with van der Waals surface area (Å²) in [7, 11) is 5.29. The van der Waals surface area contributed by atoms with Crippen LogP contribution in [0.3, 0.4) is 0 Å². The van der Waals surface area contributed by atoms with E-state index in [1.807, 2.05) is 36.3 Å². The minimum absolute atomic E-state index is 0.404. The molecular weight excluding hydrogens is 703 g/mol. The molecule has 2 aliphatic heterocycles. The van der Waals surface area contributed by atoms with Crippen LogP contribution in [0.25, 0.3) is 22.2 Å². The number of halogens is 1. The third-order valence-corrected chi connectivity index (χ3v) is 11.2. The molecule has 4 aromatic heterocycles. The van der Waals surface area contributed by atoms with Crippen molar-refractivity contribution >= 4 is 69.1 Å². The van der Waals surface area contributed by atoms with Gasteiger partial charge in [-0.3, -0.25) is 19.5 Å². The Balaban J connectivity index is 1.17. The third kappa shape index (κ3) is 7.19. The van der Waals surface area contributed by atoms with Crippen LogP contribution < -0.4 is 25.6 Å². The van der Waals surface area contributed by atoms with E-state index < -0.39 is 7.92 Å². The van der Waals surface area contributed by atoms with Gasteiger partial charge in [0.15, 0.2) is 0 Å². The molecule has 15 heteroatoms. The first-order valence-corrected chi connectivity index (χ1v) is 19.5. The van der Waals surface area contributed by atoms with Gasteiger partial charge in [0.25, 0.3) is 0 Å². The van der Waals surface area contributed by atoms with Crippen molar-refractivity contribution in [1.82, 2.24) is 44.5 Å². The highest BCUT2D eigenvalue weighted by Gasteiger charge is 2.29. The van der Waals surface area contributed by atoms with E-state index in [1.165, 1.54) is 0 Å². The number of methoxy groups -OCH3 is 1. The molecule has 5 aromatic rings. The number of nitrogens with one attached hydrogen (secondary N) is 2. The number of anilines is 5. The number of likely N-dealkylation sites (N-methyl/N-ethyl adjacent to an activating group) is 1. The second-order valence-electron chi connectivity index (χ2n) is 12.8. The van der Waals surface area contributed by atoms with Crippen molar-refractivity contribution in [2.75, 3.05) is 82.3 Å². The van der Waals surface area contributed by atoms with Gasteiger partial charge in [-0.05, 0) is 67.3 Å². The van der Waals surface area contributed by atoms with Crippen LogP contribution in [0.15, 0.2) is 53.7 Å². The maximum absolute atomic E-state index is 5.88. The molecular formula is C34H42BrN12OP. The summed E-state index contributed by atoms with van der Waals surface area (Å²) in [5.74, 6) is 2.40. The molecule has 256 valence electrons. The molecule has 2 fully saturated rings. The van der Waals surface area contributed by atoms with E-state index in [0.717, 1.165) is 95.6 Å². The first-order valence-electron chi connectivity index (χ1n) is 16.5. The van der Waals surface area contributed by atoms with Crippen molar-refractivity contribution in [2.24, 2.45) is 7.05 Å². The Hall–Kier alpha value is -3.97. The zero-order valence-electron chi connectivity index (χ0n) is 28.6. The Kier molecular flexibility index (Phi) is 9.91. The number of ether oxygens (including phenoxy) is 1. The summed E-state index contributed by atoms with van der Waals surface area (Å²) in [5, 5.41) is 12.5. The molecule has 0 amide bonds. The van der Waals surface area contributed by atoms with Crippen molar-refractivity contribution in [3.8, 4) is 17.0 Å². The number of aryl methyl sites for hydroxylation is 1. The highest BCUT2D eigenvalue weighted by atomic mass is 79.9. The van der Waals surface area contributed by atoms with Gasteiger partial charge in [0.2, 0.25) is 11.8 Å². The Labute approximate surface area is 296 Å². The van der Waals surface area contributed by atoms with Crippen LogP contribution >= 0.6 is 23.9 Å². The molecule has 0 spiro atoms. The lowest BCUT2D eigenvalue weighted by Crippen LogP contribution is -2.52. The number of piperidine rings is 1. The number of rotatable bonds is 9. The molecule has 6 heterocycles. The molecule has 0 aliphatic carbocycles. The molecule has 1 aromatic carbocycles. The first kappa shape index (κ1) is 33.5. The minimum Gasteiger partial charge on any atom is -0.479 e. The molecule has 13 nitrogen and oxygen atoms in total. The first-order chi connectivity index (χ1) is 23.8. The number of benzene rings is 1. The van der Waals surface area contributed by atoms with Crippen molar-refractivity contribution in [1.29, 1.82) is 0 Å². The van der Waals surface area contributed by atoms with E-state index in [0.29, 0.717) is 29.4 Å². The van der Waals surface area contributed by atoms with Gasteiger partial charge in [0.1, 0.15) is 17.3 Å². The topological polar surface area (TPSA) is 125 Å². The Morgan fingerprint density at radius 3 is 2.39 bits per heavy atom. The van der Waals surface area contributed by atoms with E-state index in [-0.39, 0.29) is 0 Å². The van der Waals surface area contributed by atoms with E-state index in [9.17, 15) is 0 Å². The van der Waals surface area contributed by atoms with Crippen molar-refractivity contribution in [3.63, 3.8) is 0 Å². The van der Waals surface area contributed by atoms with Gasteiger partial charge in [0, 0.05) is 99.3 Å². The zero-order chi connectivity index (χ0) is 34.1. The summed E-state index contributed by atoms with van der Waals surface area (Å²) in [6.45, 7) is 10.8. The molecule has 7 rings (SSSR count). The lowest BCUT2D eigenvalue weighted by atomic mass is 10.0. The van der Waals surface area contributed by atoms with Gasteiger partial charge in [-0.1, -0.05) is 7.92 Å². The molecule has 49 heavy (non-hydrogen) atoms. The van der Waals surface area contributed by atoms with Crippen LogP contribution in [-0.4, -0.2) is 117 Å². The van der Waals surface area contributed by atoms with Gasteiger partial charge < -0.3 is 25.2 Å². The van der Waals surface area contributed by atoms with E-state index in [1.54, 1.807) is 25.7 Å². The van der Waals surface area contributed by atoms with Crippen LogP contribution in [0.4, 0.5) is 29.0 Å². The van der Waals surface area contributed by atoms with E-state index in [4.69, 9.17) is 14.7 Å². The lowest BCUT2D eigenvalue weighted by Gasteiger charge is -2.42. The Bertz CT molecular complexity index is 1940. The summed E-state index contributed by atoms with van der Waals surface area (Å²) in [6, 6.07) is 6.70. The van der Waals surface area contributed by atoms with Crippen LogP contribution in [0.1, 0.15) is 12.8 Å². The van der Waals surface area contributed by atoms with Gasteiger partial charge in [-0.25, -0.2) is 4.98 Å². The zero-order valence-corrected chi connectivity index (χ0v) is 31.0. The summed E-state index contributed by atoms with van der Waals surface area (Å²) in [5.41, 5.74) is 5.33. The molecule has 0 radical (unpaired) electrons. The maximum atomic E-state index is 5.88. The van der Waals surface area contributed by atoms with Gasteiger partial charge in [-0.2, -0.15) is 15.1 Å². The van der Waals surface area contributed by atoms with Crippen molar-refractivity contribution in [3.05, 3.63) is 53.7 Å². The minimum atomic E-state index is -0.496. The number of hydrogen-bond acceptors (Lipinski definition) is 12. The second-order valence-corrected chi connectivity index (χ2v) is 15.9. The molecule has 0 atom stereocenters. The fourth-order valence-corrected chi connectivity index (χ4v) is 8.21. The predicted molar refractivity (Wildman–Crippen MR) is 202 cm³/mol. The van der Waals surface area contributed by atoms with E-state index >= 15 is 0 Å². The Morgan fingerprint density at radius 2 is 1.67 bits per heavy atom. The highest BCUT2D eigenvalue weighted by molar-refractivity contribution is 9.10.